The molecule has 0 bridgehead atoms. The standard InChI is InChI=1S/C26H15F5N2O3S/c27-18-5-4-16(21(28)9-18)12-33-22(10-20(26(29,30)31)19(11-32)25(33)36)23-8-17(13-37-23)15-3-1-2-14(6-15)7-24(34)35/h1-6,8-10,13H,7,12H2,(H,34,35). The van der Waals surface area contributed by atoms with Crippen molar-refractivity contribution in [1.82, 2.24) is 4.57 Å². The Kier molecular flexibility index (Phi) is 6.96. The van der Waals surface area contributed by atoms with Crippen LogP contribution in [0.4, 0.5) is 22.0 Å². The monoisotopic (exact) mass is 530 g/mol. The highest BCUT2D eigenvalue weighted by Crippen LogP contribution is 2.37. The summed E-state index contributed by atoms with van der Waals surface area (Å²) in [4.78, 5) is 24.3. The maximum absolute atomic E-state index is 14.4. The van der Waals surface area contributed by atoms with Gasteiger partial charge in [-0.05, 0) is 40.3 Å². The van der Waals surface area contributed by atoms with E-state index in [2.05, 4.69) is 0 Å². The zero-order chi connectivity index (χ0) is 26.9. The normalized spacial score (nSPS) is 11.4. The van der Waals surface area contributed by atoms with Crippen molar-refractivity contribution in [2.45, 2.75) is 19.1 Å². The van der Waals surface area contributed by atoms with Gasteiger partial charge in [0, 0.05) is 11.6 Å². The molecular formula is C26H15F5N2O3S. The Bertz CT molecular complexity index is 1620. The minimum absolute atomic E-state index is 0.161. The number of nitriles is 1. The topological polar surface area (TPSA) is 83.1 Å². The number of aromatic nitrogens is 1. The van der Waals surface area contributed by atoms with Gasteiger partial charge >= 0.3 is 12.1 Å². The molecule has 1 N–H and O–H groups in total. The number of nitrogens with zero attached hydrogens (tertiary/aromatic N) is 2. The summed E-state index contributed by atoms with van der Waals surface area (Å²) < 4.78 is 69.8. The van der Waals surface area contributed by atoms with Gasteiger partial charge in [-0.3, -0.25) is 9.59 Å². The average molecular weight is 530 g/mol. The van der Waals surface area contributed by atoms with Gasteiger partial charge in [-0.2, -0.15) is 18.4 Å². The quantitative estimate of drug-likeness (QED) is 0.306. The van der Waals surface area contributed by atoms with Crippen LogP contribution < -0.4 is 5.56 Å². The first kappa shape index (κ1) is 25.8. The Balaban J connectivity index is 1.89. The maximum atomic E-state index is 14.4. The van der Waals surface area contributed by atoms with E-state index in [-0.39, 0.29) is 22.6 Å². The summed E-state index contributed by atoms with van der Waals surface area (Å²) in [5, 5.41) is 20.0. The molecule has 2 aromatic carbocycles. The van der Waals surface area contributed by atoms with Crippen LogP contribution in [0, 0.1) is 23.0 Å². The summed E-state index contributed by atoms with van der Waals surface area (Å²) >= 11 is 1.01. The van der Waals surface area contributed by atoms with Crippen LogP contribution in [0.5, 0.6) is 0 Å². The molecule has 11 heteroatoms. The van der Waals surface area contributed by atoms with Gasteiger partial charge in [0.05, 0.1) is 29.1 Å². The van der Waals surface area contributed by atoms with Crippen LogP contribution in [0.2, 0.25) is 0 Å². The summed E-state index contributed by atoms with van der Waals surface area (Å²) in [6.45, 7) is -0.547. The van der Waals surface area contributed by atoms with Crippen molar-refractivity contribution in [3.05, 3.63) is 104 Å². The van der Waals surface area contributed by atoms with Crippen molar-refractivity contribution >= 4 is 17.3 Å². The highest BCUT2D eigenvalue weighted by atomic mass is 32.1. The van der Waals surface area contributed by atoms with E-state index in [9.17, 15) is 36.8 Å². The van der Waals surface area contributed by atoms with Gasteiger partial charge in [0.2, 0.25) is 0 Å². The SMILES string of the molecule is N#Cc1c(C(F)(F)F)cc(-c2cc(-c3cccc(CC(=O)O)c3)cs2)n(Cc2ccc(F)cc2F)c1=O. The molecule has 37 heavy (non-hydrogen) atoms. The van der Waals surface area contributed by atoms with E-state index in [1.807, 2.05) is 0 Å². The molecule has 0 spiro atoms. The van der Waals surface area contributed by atoms with Crippen molar-refractivity contribution < 1.29 is 31.9 Å². The summed E-state index contributed by atoms with van der Waals surface area (Å²) in [5.74, 6) is -2.90. The molecule has 4 aromatic rings. The fourth-order valence-electron chi connectivity index (χ4n) is 3.82. The molecule has 0 saturated heterocycles. The number of hydrogen-bond acceptors (Lipinski definition) is 4. The van der Waals surface area contributed by atoms with Gasteiger partial charge in [0.1, 0.15) is 23.3 Å². The van der Waals surface area contributed by atoms with Crippen LogP contribution in [0.25, 0.3) is 21.7 Å². The van der Waals surface area contributed by atoms with E-state index in [1.54, 1.807) is 29.6 Å². The van der Waals surface area contributed by atoms with Crippen LogP contribution in [0.1, 0.15) is 22.3 Å². The predicted octanol–water partition coefficient (Wildman–Crippen LogP) is 6.09. The lowest BCUT2D eigenvalue weighted by atomic mass is 10.0. The molecular weight excluding hydrogens is 515 g/mol. The van der Waals surface area contributed by atoms with Crippen LogP contribution in [0.3, 0.4) is 0 Å². The second-order valence-corrected chi connectivity index (χ2v) is 8.94. The first-order chi connectivity index (χ1) is 17.5. The average Bonchev–Trinajstić information content (AvgIpc) is 3.31. The summed E-state index contributed by atoms with van der Waals surface area (Å²) in [6.07, 6.45) is -5.23. The first-order valence-electron chi connectivity index (χ1n) is 10.6. The zero-order valence-electron chi connectivity index (χ0n) is 18.6. The number of carboxylic acid groups (broad SMARTS) is 1. The number of halogens is 5. The molecule has 0 unspecified atom stereocenters. The molecule has 0 aliphatic heterocycles. The number of hydrogen-bond donors (Lipinski definition) is 1. The van der Waals surface area contributed by atoms with Crippen molar-refractivity contribution in [3.8, 4) is 27.8 Å². The lowest BCUT2D eigenvalue weighted by Gasteiger charge is -2.17. The fourth-order valence-corrected chi connectivity index (χ4v) is 4.76. The smallest absolute Gasteiger partial charge is 0.417 e. The van der Waals surface area contributed by atoms with E-state index in [0.29, 0.717) is 28.8 Å². The number of carboxylic acids is 1. The molecule has 4 rings (SSSR count). The summed E-state index contributed by atoms with van der Waals surface area (Å²) in [7, 11) is 0. The Morgan fingerprint density at radius 3 is 2.46 bits per heavy atom. The van der Waals surface area contributed by atoms with Crippen molar-refractivity contribution in [2.24, 2.45) is 0 Å². The van der Waals surface area contributed by atoms with Gasteiger partial charge in [0.25, 0.3) is 5.56 Å². The van der Waals surface area contributed by atoms with E-state index >= 15 is 0 Å². The lowest BCUT2D eigenvalue weighted by Crippen LogP contribution is -2.28. The molecule has 0 aliphatic carbocycles. The fraction of sp³-hybridized carbons (Fsp3) is 0.115. The molecule has 2 heterocycles. The van der Waals surface area contributed by atoms with Gasteiger partial charge in [-0.1, -0.05) is 30.3 Å². The number of carbonyl (C=O) groups is 1. The number of pyridine rings is 1. The number of thiophene rings is 1. The Morgan fingerprint density at radius 1 is 1.05 bits per heavy atom. The van der Waals surface area contributed by atoms with Crippen LogP contribution in [-0.4, -0.2) is 15.6 Å². The molecule has 0 aliphatic rings. The van der Waals surface area contributed by atoms with E-state index in [1.165, 1.54) is 12.1 Å². The van der Waals surface area contributed by atoms with E-state index in [0.717, 1.165) is 28.0 Å². The summed E-state index contributed by atoms with van der Waals surface area (Å²) in [5.41, 5.74) is -2.54. The number of alkyl halides is 3. The molecule has 2 aromatic heterocycles. The third-order valence-electron chi connectivity index (χ3n) is 5.53. The third kappa shape index (κ3) is 5.44. The minimum atomic E-state index is -5.01. The molecule has 0 radical (unpaired) electrons. The van der Waals surface area contributed by atoms with Crippen molar-refractivity contribution in [1.29, 1.82) is 5.26 Å². The minimum Gasteiger partial charge on any atom is -0.481 e. The second kappa shape index (κ2) is 9.99. The highest BCUT2D eigenvalue weighted by molar-refractivity contribution is 7.14. The molecule has 0 amide bonds. The van der Waals surface area contributed by atoms with Gasteiger partial charge in [-0.25, -0.2) is 8.78 Å². The lowest BCUT2D eigenvalue weighted by molar-refractivity contribution is -0.138. The van der Waals surface area contributed by atoms with Crippen molar-refractivity contribution in [2.75, 3.05) is 0 Å². The van der Waals surface area contributed by atoms with Crippen LogP contribution in [0.15, 0.2) is 64.8 Å². The highest BCUT2D eigenvalue weighted by Gasteiger charge is 2.36. The van der Waals surface area contributed by atoms with Gasteiger partial charge < -0.3 is 9.67 Å². The third-order valence-corrected chi connectivity index (χ3v) is 6.48. The Hall–Kier alpha value is -4.30. The largest absolute Gasteiger partial charge is 0.481 e. The van der Waals surface area contributed by atoms with Gasteiger partial charge in [0.15, 0.2) is 0 Å². The Labute approximate surface area is 210 Å². The van der Waals surface area contributed by atoms with Gasteiger partial charge in [-0.15, -0.1) is 11.3 Å². The first-order valence-corrected chi connectivity index (χ1v) is 11.4. The number of rotatable bonds is 6. The molecule has 0 fully saturated rings. The summed E-state index contributed by atoms with van der Waals surface area (Å²) in [6, 6.07) is 12.7. The van der Waals surface area contributed by atoms with Crippen molar-refractivity contribution in [3.63, 3.8) is 0 Å². The van der Waals surface area contributed by atoms with E-state index < -0.39 is 47.0 Å². The Morgan fingerprint density at radius 2 is 1.81 bits per heavy atom. The number of aliphatic carboxylic acids is 1. The molecule has 0 saturated carbocycles. The predicted molar refractivity (Wildman–Crippen MR) is 126 cm³/mol. The van der Waals surface area contributed by atoms with Crippen LogP contribution >= 0.6 is 11.3 Å². The van der Waals surface area contributed by atoms with E-state index in [4.69, 9.17) is 5.11 Å². The van der Waals surface area contributed by atoms with Crippen LogP contribution in [-0.2, 0) is 23.9 Å². The number of benzene rings is 2. The molecule has 188 valence electrons. The zero-order valence-corrected chi connectivity index (χ0v) is 19.5. The maximum Gasteiger partial charge on any atom is 0.417 e. The second-order valence-electron chi connectivity index (χ2n) is 8.03. The molecule has 5 nitrogen and oxygen atoms in total. The molecule has 0 atom stereocenters.